The first kappa shape index (κ1) is 49.5. The highest BCUT2D eigenvalue weighted by molar-refractivity contribution is 6.19. The van der Waals surface area contributed by atoms with E-state index in [0.29, 0.717) is 11.8 Å². The van der Waals surface area contributed by atoms with Gasteiger partial charge in [0.15, 0.2) is 11.2 Å². The minimum atomic E-state index is 0.390. The van der Waals surface area contributed by atoms with E-state index >= 15 is 0 Å². The SMILES string of the molecule is C=Cc1ccc2c(N(/C(=C/C=C(CC)CC)CC)c3cccc4c3oc3c(C(C)CCCC)cccc34)ccc3cc/c(=C\N(C(=C)CCC(=C)CC)c4cccc5c4oc4c(C6CCCC6)cccc45)c1c32. The number of benzene rings is 7. The molecule has 0 spiro atoms. The molecule has 10 rings (SSSR count). The van der Waals surface area contributed by atoms with Crippen molar-refractivity contribution in [1.29, 1.82) is 0 Å². The summed E-state index contributed by atoms with van der Waals surface area (Å²) >= 11 is 0. The summed E-state index contributed by atoms with van der Waals surface area (Å²) in [6.45, 7) is 27.2. The summed E-state index contributed by atoms with van der Waals surface area (Å²) in [5.74, 6) is 0.919. The van der Waals surface area contributed by atoms with Crippen molar-refractivity contribution in [2.75, 3.05) is 9.80 Å². The minimum absolute atomic E-state index is 0.390. The Hall–Kier alpha value is -7.04. The molecule has 0 radical (unpaired) electrons. The molecular formula is C69H74N2O2. The Balaban J connectivity index is 1.21. The molecule has 2 heterocycles. The summed E-state index contributed by atoms with van der Waals surface area (Å²) in [5.41, 5.74) is 15.5. The van der Waals surface area contributed by atoms with Crippen molar-refractivity contribution in [3.05, 3.63) is 186 Å². The molecule has 372 valence electrons. The molecule has 4 heteroatoms. The van der Waals surface area contributed by atoms with Gasteiger partial charge < -0.3 is 18.6 Å². The average Bonchev–Trinajstić information content (AvgIpc) is 4.21. The van der Waals surface area contributed by atoms with Crippen LogP contribution in [0.15, 0.2) is 172 Å². The zero-order valence-corrected chi connectivity index (χ0v) is 44.4. The molecule has 0 saturated heterocycles. The molecule has 1 unspecified atom stereocenters. The van der Waals surface area contributed by atoms with Gasteiger partial charge in [0.2, 0.25) is 0 Å². The highest BCUT2D eigenvalue weighted by Gasteiger charge is 2.26. The van der Waals surface area contributed by atoms with E-state index in [1.165, 1.54) is 88.0 Å². The first-order valence-electron chi connectivity index (χ1n) is 27.5. The molecule has 1 aliphatic carbocycles. The maximum absolute atomic E-state index is 7.21. The second-order valence-corrected chi connectivity index (χ2v) is 20.7. The van der Waals surface area contributed by atoms with Gasteiger partial charge in [-0.3, -0.25) is 0 Å². The molecule has 1 saturated carbocycles. The largest absolute Gasteiger partial charge is 0.454 e. The lowest BCUT2D eigenvalue weighted by Crippen LogP contribution is -2.20. The predicted molar refractivity (Wildman–Crippen MR) is 317 cm³/mol. The molecule has 0 amide bonds. The number of rotatable bonds is 20. The maximum atomic E-state index is 7.21. The van der Waals surface area contributed by atoms with Gasteiger partial charge >= 0.3 is 0 Å². The van der Waals surface area contributed by atoms with Crippen molar-refractivity contribution in [2.24, 2.45) is 0 Å². The van der Waals surface area contributed by atoms with Crippen molar-refractivity contribution >= 4 is 94.8 Å². The summed E-state index contributed by atoms with van der Waals surface area (Å²) in [4.78, 5) is 4.79. The minimum Gasteiger partial charge on any atom is -0.454 e. The molecule has 73 heavy (non-hydrogen) atoms. The number of anilines is 3. The van der Waals surface area contributed by atoms with Gasteiger partial charge in [-0.1, -0.05) is 201 Å². The fourth-order valence-corrected chi connectivity index (χ4v) is 11.9. The third kappa shape index (κ3) is 9.24. The standard InChI is InChI=1S/C69H74N2O2/c1-10-16-23-46(8)54-26-19-28-56-59-31-22-33-63(69(59)72-66(54)56)71(53(15-6)41-36-48(12-3)13-4)61-43-40-51-37-38-52(64-49(14-5)39-42-60(61)65(51)64)44-70(47(9)35-34-45(7)11-2)62-32-21-30-58-57-29-20-27-55(50-24-17-18-25-50)67(57)73-68(58)62/h14,19-22,26-33,36-44,46,50H,5,7,9-13,15-18,23-25,34-35H2,1-4,6,8H3/b52-44+,53-41+. The highest BCUT2D eigenvalue weighted by atomic mass is 16.3. The van der Waals surface area contributed by atoms with E-state index in [2.05, 4.69) is 192 Å². The Labute approximate surface area is 433 Å². The Kier molecular flexibility index (Phi) is 14.6. The second-order valence-electron chi connectivity index (χ2n) is 20.7. The molecule has 9 aromatic rings. The lowest BCUT2D eigenvalue weighted by atomic mass is 9.93. The molecule has 0 aliphatic heterocycles. The third-order valence-electron chi connectivity index (χ3n) is 16.2. The van der Waals surface area contributed by atoms with Crippen LogP contribution >= 0.6 is 0 Å². The van der Waals surface area contributed by atoms with Crippen molar-refractivity contribution in [3.63, 3.8) is 0 Å². The zero-order valence-electron chi connectivity index (χ0n) is 44.4. The number of furan rings is 2. The summed E-state index contributed by atoms with van der Waals surface area (Å²) in [6.07, 6.45) is 22.9. The van der Waals surface area contributed by atoms with E-state index in [0.717, 1.165) is 122 Å². The topological polar surface area (TPSA) is 32.8 Å². The fraction of sp³-hybridized carbons (Fsp3) is 0.304. The second kappa shape index (κ2) is 21.6. The van der Waals surface area contributed by atoms with Crippen molar-refractivity contribution in [2.45, 2.75) is 137 Å². The van der Waals surface area contributed by atoms with Gasteiger partial charge in [-0.25, -0.2) is 0 Å². The van der Waals surface area contributed by atoms with E-state index in [-0.39, 0.29) is 0 Å². The molecule has 4 nitrogen and oxygen atoms in total. The van der Waals surface area contributed by atoms with Crippen LogP contribution in [0.3, 0.4) is 0 Å². The van der Waals surface area contributed by atoms with E-state index in [4.69, 9.17) is 15.4 Å². The van der Waals surface area contributed by atoms with E-state index in [9.17, 15) is 0 Å². The van der Waals surface area contributed by atoms with Gasteiger partial charge in [-0.05, 0) is 132 Å². The predicted octanol–water partition coefficient (Wildman–Crippen LogP) is 20.8. The van der Waals surface area contributed by atoms with Gasteiger partial charge in [0.1, 0.15) is 11.2 Å². The Morgan fingerprint density at radius 2 is 1.29 bits per heavy atom. The number of para-hydroxylation sites is 4. The summed E-state index contributed by atoms with van der Waals surface area (Å²) < 4.78 is 14.3. The van der Waals surface area contributed by atoms with Crippen LogP contribution in [0.1, 0.15) is 154 Å². The molecule has 1 atom stereocenters. The van der Waals surface area contributed by atoms with Gasteiger partial charge in [-0.2, -0.15) is 0 Å². The lowest BCUT2D eigenvalue weighted by Gasteiger charge is -2.29. The van der Waals surface area contributed by atoms with Gasteiger partial charge in [-0.15, -0.1) is 0 Å². The van der Waals surface area contributed by atoms with Crippen LogP contribution < -0.4 is 15.0 Å². The number of hydrogen-bond donors (Lipinski definition) is 0. The Morgan fingerprint density at radius 3 is 1.99 bits per heavy atom. The molecule has 7 aromatic carbocycles. The molecular weight excluding hydrogens is 889 g/mol. The van der Waals surface area contributed by atoms with Gasteiger partial charge in [0.05, 0.1) is 17.1 Å². The van der Waals surface area contributed by atoms with Crippen LogP contribution in [0, 0.1) is 0 Å². The van der Waals surface area contributed by atoms with E-state index in [1.807, 2.05) is 6.08 Å². The normalized spacial score (nSPS) is 14.1. The van der Waals surface area contributed by atoms with E-state index in [1.54, 1.807) is 0 Å². The highest BCUT2D eigenvalue weighted by Crippen LogP contribution is 2.47. The van der Waals surface area contributed by atoms with Crippen LogP contribution in [0.4, 0.5) is 17.1 Å². The number of fused-ring (bicyclic) bond motifs is 6. The molecule has 2 aromatic heterocycles. The quantitative estimate of drug-likeness (QED) is 0.0563. The van der Waals surface area contributed by atoms with Crippen LogP contribution in [-0.4, -0.2) is 0 Å². The third-order valence-corrected chi connectivity index (χ3v) is 16.2. The number of allylic oxidation sites excluding steroid dienone is 6. The monoisotopic (exact) mass is 963 g/mol. The van der Waals surface area contributed by atoms with Crippen LogP contribution in [0.25, 0.3) is 77.7 Å². The summed E-state index contributed by atoms with van der Waals surface area (Å²) in [6, 6.07) is 40.5. The average molecular weight is 963 g/mol. The maximum Gasteiger partial charge on any atom is 0.159 e. The van der Waals surface area contributed by atoms with Crippen LogP contribution in [0.5, 0.6) is 0 Å². The Bertz CT molecular complexity index is 3650. The number of hydrogen-bond acceptors (Lipinski definition) is 4. The lowest BCUT2D eigenvalue weighted by molar-refractivity contribution is 0.606. The zero-order chi connectivity index (χ0) is 50.8. The molecule has 1 fully saturated rings. The summed E-state index contributed by atoms with van der Waals surface area (Å²) in [5, 5.41) is 10.4. The smallest absolute Gasteiger partial charge is 0.159 e. The number of unbranched alkanes of at least 4 members (excludes halogenated alkanes) is 1. The van der Waals surface area contributed by atoms with Gasteiger partial charge in [0.25, 0.3) is 0 Å². The van der Waals surface area contributed by atoms with E-state index < -0.39 is 0 Å². The van der Waals surface area contributed by atoms with Crippen molar-refractivity contribution in [3.8, 4) is 0 Å². The molecule has 0 bridgehead atoms. The van der Waals surface area contributed by atoms with Crippen LogP contribution in [-0.2, 0) is 0 Å². The Morgan fingerprint density at radius 1 is 0.630 bits per heavy atom. The molecule has 1 aliphatic rings. The van der Waals surface area contributed by atoms with Crippen molar-refractivity contribution < 1.29 is 8.83 Å². The van der Waals surface area contributed by atoms with Crippen molar-refractivity contribution in [1.82, 2.24) is 0 Å². The first-order valence-corrected chi connectivity index (χ1v) is 27.5. The molecule has 0 N–H and O–H groups in total. The van der Waals surface area contributed by atoms with Gasteiger partial charge in [0, 0.05) is 44.5 Å². The summed E-state index contributed by atoms with van der Waals surface area (Å²) in [7, 11) is 0. The first-order chi connectivity index (χ1) is 35.7. The van der Waals surface area contributed by atoms with Crippen LogP contribution in [0.2, 0.25) is 0 Å². The fourth-order valence-electron chi connectivity index (χ4n) is 11.9. The number of nitrogens with zero attached hydrogens (tertiary/aromatic N) is 2.